The molecule has 304 valence electrons. The third kappa shape index (κ3) is 13.7. The van der Waals surface area contributed by atoms with Crippen LogP contribution in [0.3, 0.4) is 0 Å². The van der Waals surface area contributed by atoms with Crippen molar-refractivity contribution in [3.05, 3.63) is 133 Å². The largest absolute Gasteiger partial charge is 0.457 e. The molecule has 1 aliphatic heterocycles. The van der Waals surface area contributed by atoms with Crippen molar-refractivity contribution >= 4 is 11.9 Å². The number of allylic oxidation sites excluding steroid dienone is 9. The van der Waals surface area contributed by atoms with Crippen molar-refractivity contribution in [1.82, 2.24) is 9.97 Å². The first-order valence-electron chi connectivity index (χ1n) is 18.7. The van der Waals surface area contributed by atoms with Crippen LogP contribution >= 0.6 is 0 Å². The number of hydrogen-bond donors (Lipinski definition) is 2. The highest BCUT2D eigenvalue weighted by atomic mass is 16.6. The van der Waals surface area contributed by atoms with Crippen LogP contribution < -0.4 is 0 Å². The van der Waals surface area contributed by atoms with Crippen molar-refractivity contribution in [2.45, 2.75) is 104 Å². The molecule has 12 nitrogen and oxygen atoms in total. The number of ether oxygens (including phenoxy) is 4. The van der Waals surface area contributed by atoms with Gasteiger partial charge >= 0.3 is 11.9 Å². The first-order chi connectivity index (χ1) is 26.8. The first-order valence-corrected chi connectivity index (χ1v) is 18.7. The highest BCUT2D eigenvalue weighted by Crippen LogP contribution is 2.33. The van der Waals surface area contributed by atoms with Crippen molar-refractivity contribution in [2.75, 3.05) is 14.2 Å². The van der Waals surface area contributed by atoms with E-state index in [0.29, 0.717) is 18.7 Å². The van der Waals surface area contributed by atoms with Crippen molar-refractivity contribution in [2.24, 2.45) is 10.8 Å². The van der Waals surface area contributed by atoms with Gasteiger partial charge in [-0.2, -0.15) is 0 Å². The summed E-state index contributed by atoms with van der Waals surface area (Å²) in [5, 5.41) is 21.8. The Kier molecular flexibility index (Phi) is 18.4. The number of hydrogen-bond acceptors (Lipinski definition) is 12. The van der Waals surface area contributed by atoms with Crippen molar-refractivity contribution in [1.29, 1.82) is 0 Å². The van der Waals surface area contributed by atoms with Crippen LogP contribution in [0.15, 0.2) is 119 Å². The van der Waals surface area contributed by atoms with Gasteiger partial charge in [0.05, 0.1) is 30.8 Å². The summed E-state index contributed by atoms with van der Waals surface area (Å²) in [4.78, 5) is 35.3. The number of methoxy groups -OCH3 is 2. The van der Waals surface area contributed by atoms with Crippen LogP contribution in [-0.2, 0) is 31.8 Å². The van der Waals surface area contributed by atoms with E-state index in [0.717, 1.165) is 0 Å². The molecule has 4 bridgehead atoms. The number of fused-ring (bicyclic) bond motifs is 4. The monoisotopic (exact) mass is 774 g/mol. The Bertz CT molecular complexity index is 1770. The van der Waals surface area contributed by atoms with E-state index < -0.39 is 59.4 Å². The number of aromatic nitrogens is 2. The minimum absolute atomic E-state index is 0.00434. The van der Waals surface area contributed by atoms with Gasteiger partial charge in [0.25, 0.3) is 0 Å². The number of nitrogens with zero attached hydrogens (tertiary/aromatic N) is 2. The number of carbonyl (C=O) groups excluding carboxylic acids is 2. The molecule has 1 aliphatic rings. The third-order valence-corrected chi connectivity index (χ3v) is 9.57. The summed E-state index contributed by atoms with van der Waals surface area (Å²) < 4.78 is 34.2. The number of aliphatic hydroxyl groups is 2. The van der Waals surface area contributed by atoms with Crippen LogP contribution in [0.1, 0.15) is 87.1 Å². The molecule has 3 heterocycles. The van der Waals surface area contributed by atoms with Gasteiger partial charge in [-0.1, -0.05) is 125 Å². The summed E-state index contributed by atoms with van der Waals surface area (Å²) in [6.45, 7) is 11.0. The fraction of sp³-hybridized carbons (Fsp3) is 0.455. The molecule has 2 aromatic heterocycles. The molecule has 0 aliphatic carbocycles. The summed E-state index contributed by atoms with van der Waals surface area (Å²) in [5.41, 5.74) is -1.66. The maximum absolute atomic E-state index is 13.4. The van der Waals surface area contributed by atoms with E-state index in [4.69, 9.17) is 27.8 Å². The van der Waals surface area contributed by atoms with E-state index in [1.165, 1.54) is 12.5 Å². The molecule has 0 spiro atoms. The van der Waals surface area contributed by atoms with Gasteiger partial charge in [-0.05, 0) is 13.8 Å². The number of aliphatic hydroxyl groups excluding tert-OH is 2. The Labute approximate surface area is 330 Å². The molecule has 0 saturated heterocycles. The predicted octanol–water partition coefficient (Wildman–Crippen LogP) is 7.59. The molecule has 56 heavy (non-hydrogen) atoms. The fourth-order valence-corrected chi connectivity index (χ4v) is 5.60. The van der Waals surface area contributed by atoms with Crippen molar-refractivity contribution < 1.29 is 47.6 Å². The second-order valence-corrected chi connectivity index (χ2v) is 14.4. The lowest BCUT2D eigenvalue weighted by molar-refractivity contribution is -0.0462. The molecule has 3 rings (SSSR count). The molecular formula is C44H58N2O10. The average Bonchev–Trinajstić information content (AvgIpc) is 3.85. The van der Waals surface area contributed by atoms with Crippen LogP contribution in [-0.4, -0.2) is 83.0 Å². The molecular weight excluding hydrogens is 716 g/mol. The van der Waals surface area contributed by atoms with Gasteiger partial charge in [0.15, 0.2) is 23.2 Å². The molecule has 0 amide bonds. The SMILES string of the molecule is C/C=C/[C@H](O)C(C)(C)[C@H]1C\C=C/C=C\C=C\[C@H](OC)Cc2nc(co2)C(=O)O[C@@H](C(C)(C)[C@@H](O)/C=C/C)C/C=C\[C@@H](OC)/C=C/C=C/Cc2nc(co2)C(=O)O1. The van der Waals surface area contributed by atoms with E-state index in [1.807, 2.05) is 108 Å². The van der Waals surface area contributed by atoms with E-state index in [2.05, 4.69) is 9.97 Å². The summed E-state index contributed by atoms with van der Waals surface area (Å²) in [5.74, 6) is -0.721. The predicted molar refractivity (Wildman–Crippen MR) is 214 cm³/mol. The quantitative estimate of drug-likeness (QED) is 0.200. The molecule has 0 unspecified atom stereocenters. The van der Waals surface area contributed by atoms with E-state index in [-0.39, 0.29) is 30.1 Å². The lowest BCUT2D eigenvalue weighted by atomic mass is 9.79. The minimum Gasteiger partial charge on any atom is -0.457 e. The number of cyclic esters (lactones) is 2. The number of carbonyl (C=O) groups is 2. The van der Waals surface area contributed by atoms with Gasteiger partial charge in [0.2, 0.25) is 0 Å². The Hall–Kier alpha value is -4.88. The van der Waals surface area contributed by atoms with Gasteiger partial charge in [-0.25, -0.2) is 19.6 Å². The molecule has 0 fully saturated rings. The maximum Gasteiger partial charge on any atom is 0.360 e. The summed E-state index contributed by atoms with van der Waals surface area (Å²) >= 11 is 0. The van der Waals surface area contributed by atoms with Crippen LogP contribution in [0.5, 0.6) is 0 Å². The third-order valence-electron chi connectivity index (χ3n) is 9.57. The Morgan fingerprint density at radius 2 is 1.21 bits per heavy atom. The number of oxazole rings is 2. The second-order valence-electron chi connectivity index (χ2n) is 14.4. The van der Waals surface area contributed by atoms with Gasteiger partial charge in [0.1, 0.15) is 24.7 Å². The lowest BCUT2D eigenvalue weighted by Crippen LogP contribution is -2.42. The summed E-state index contributed by atoms with van der Waals surface area (Å²) in [6.07, 6.45) is 28.4. The minimum atomic E-state index is -0.895. The molecule has 2 N–H and O–H groups in total. The molecule has 0 aromatic carbocycles. The van der Waals surface area contributed by atoms with Gasteiger partial charge < -0.3 is 38.0 Å². The van der Waals surface area contributed by atoms with Gasteiger partial charge in [0, 0.05) is 44.3 Å². The highest BCUT2D eigenvalue weighted by Gasteiger charge is 2.39. The van der Waals surface area contributed by atoms with E-state index in [1.54, 1.807) is 44.6 Å². The standard InChI is InChI=1S/C44H58N2O10/c1-9-20-35(47)43(3,4)37-25-17-13-11-12-15-23-32(52-8)28-40-46-34(30-54-40)42(50)56-38(44(5,6)36(48)21-10-2)26-19-24-31(51-7)22-16-14-18-27-39-45-33(29-53-39)41(49)55-37/h9-24,29-32,35-38,47-48H,25-28H2,1-8H3/b12-11-,17-13-,18-14+,20-9+,21-10+,22-16+,23-15+,24-19-/t31-,32-,35-,36-,37+,38+/m0/s1. The normalized spacial score (nSPS) is 26.1. The Morgan fingerprint density at radius 1 is 0.696 bits per heavy atom. The second kappa shape index (κ2) is 22.6. The highest BCUT2D eigenvalue weighted by molar-refractivity contribution is 5.87. The van der Waals surface area contributed by atoms with Crippen molar-refractivity contribution in [3.63, 3.8) is 0 Å². The smallest absolute Gasteiger partial charge is 0.360 e. The molecule has 12 heteroatoms. The fourth-order valence-electron chi connectivity index (χ4n) is 5.60. The first kappa shape index (κ1) is 45.5. The van der Waals surface area contributed by atoms with Crippen molar-refractivity contribution in [3.8, 4) is 0 Å². The van der Waals surface area contributed by atoms with E-state index in [9.17, 15) is 19.8 Å². The topological polar surface area (TPSA) is 164 Å². The molecule has 0 radical (unpaired) electrons. The molecule has 2 aromatic rings. The molecule has 0 saturated carbocycles. The van der Waals surface area contributed by atoms with Gasteiger partial charge in [-0.15, -0.1) is 0 Å². The zero-order chi connectivity index (χ0) is 41.1. The van der Waals surface area contributed by atoms with Crippen LogP contribution in [0.4, 0.5) is 0 Å². The molecule has 6 atom stereocenters. The zero-order valence-corrected chi connectivity index (χ0v) is 33.7. The zero-order valence-electron chi connectivity index (χ0n) is 33.7. The van der Waals surface area contributed by atoms with Gasteiger partial charge in [-0.3, -0.25) is 0 Å². The number of esters is 2. The number of rotatable bonds is 8. The average molecular weight is 775 g/mol. The maximum atomic E-state index is 13.4. The van der Waals surface area contributed by atoms with Crippen LogP contribution in [0.2, 0.25) is 0 Å². The Morgan fingerprint density at radius 3 is 1.79 bits per heavy atom. The summed E-state index contributed by atoms with van der Waals surface area (Å²) in [7, 11) is 3.14. The summed E-state index contributed by atoms with van der Waals surface area (Å²) in [6, 6.07) is 0. The lowest BCUT2D eigenvalue weighted by Gasteiger charge is -2.36. The Balaban J connectivity index is 1.93. The van der Waals surface area contributed by atoms with Crippen LogP contribution in [0, 0.1) is 10.8 Å². The van der Waals surface area contributed by atoms with E-state index >= 15 is 0 Å². The van der Waals surface area contributed by atoms with Crippen LogP contribution in [0.25, 0.3) is 0 Å².